The van der Waals surface area contributed by atoms with Gasteiger partial charge in [-0.25, -0.2) is 0 Å². The van der Waals surface area contributed by atoms with E-state index in [2.05, 4.69) is 22.5 Å². The van der Waals surface area contributed by atoms with E-state index in [1.54, 1.807) is 13.0 Å². The van der Waals surface area contributed by atoms with Gasteiger partial charge in [-0.2, -0.15) is 0 Å². The van der Waals surface area contributed by atoms with Crippen LogP contribution in [0.3, 0.4) is 0 Å². The lowest BCUT2D eigenvalue weighted by molar-refractivity contribution is -0.128. The van der Waals surface area contributed by atoms with E-state index in [0.29, 0.717) is 13.1 Å². The summed E-state index contributed by atoms with van der Waals surface area (Å²) in [5.74, 6) is -0.347. The minimum atomic E-state index is -0.496. The molecule has 0 saturated carbocycles. The summed E-state index contributed by atoms with van der Waals surface area (Å²) < 4.78 is 0. The average Bonchev–Trinajstić information content (AvgIpc) is 2.26. The highest BCUT2D eigenvalue weighted by molar-refractivity contribution is 5.87. The van der Waals surface area contributed by atoms with E-state index in [1.165, 1.54) is 0 Å². The fourth-order valence-corrected chi connectivity index (χ4v) is 1.05. The summed E-state index contributed by atoms with van der Waals surface area (Å²) in [4.78, 5) is 22.7. The first-order valence-corrected chi connectivity index (χ1v) is 5.50. The van der Waals surface area contributed by atoms with Gasteiger partial charge in [0.05, 0.1) is 6.54 Å². The van der Waals surface area contributed by atoms with Crippen LogP contribution >= 0.6 is 0 Å². The summed E-state index contributed by atoms with van der Waals surface area (Å²) in [5, 5.41) is 8.17. The van der Waals surface area contributed by atoms with Gasteiger partial charge in [-0.05, 0) is 13.3 Å². The van der Waals surface area contributed by atoms with E-state index in [9.17, 15) is 9.59 Å². The van der Waals surface area contributed by atoms with Crippen LogP contribution in [-0.2, 0) is 9.59 Å². The van der Waals surface area contributed by atoms with Gasteiger partial charge in [0.1, 0.15) is 6.04 Å². The van der Waals surface area contributed by atoms with Gasteiger partial charge in [0.25, 0.3) is 0 Å². The molecule has 0 rings (SSSR count). The van der Waals surface area contributed by atoms with Crippen LogP contribution in [0.2, 0.25) is 0 Å². The van der Waals surface area contributed by atoms with Crippen LogP contribution in [0.1, 0.15) is 20.3 Å². The number of carbonyl (C=O) groups excluding carboxylic acids is 2. The maximum atomic E-state index is 11.4. The summed E-state index contributed by atoms with van der Waals surface area (Å²) in [6, 6.07) is -0.496. The van der Waals surface area contributed by atoms with Gasteiger partial charge < -0.3 is 16.0 Å². The van der Waals surface area contributed by atoms with Crippen molar-refractivity contribution in [1.82, 2.24) is 16.0 Å². The van der Waals surface area contributed by atoms with E-state index >= 15 is 0 Å². The van der Waals surface area contributed by atoms with Crippen molar-refractivity contribution in [3.8, 4) is 0 Å². The van der Waals surface area contributed by atoms with Crippen LogP contribution in [0.15, 0.2) is 12.7 Å². The average molecular weight is 227 g/mol. The van der Waals surface area contributed by atoms with Crippen molar-refractivity contribution in [2.24, 2.45) is 0 Å². The Morgan fingerprint density at radius 2 is 2.12 bits per heavy atom. The molecule has 0 spiro atoms. The summed E-state index contributed by atoms with van der Waals surface area (Å²) in [6.07, 6.45) is 2.55. The van der Waals surface area contributed by atoms with Crippen molar-refractivity contribution in [2.75, 3.05) is 19.6 Å². The van der Waals surface area contributed by atoms with E-state index < -0.39 is 6.04 Å². The first-order valence-electron chi connectivity index (χ1n) is 5.50. The van der Waals surface area contributed by atoms with Crippen molar-refractivity contribution in [1.29, 1.82) is 0 Å². The van der Waals surface area contributed by atoms with Crippen molar-refractivity contribution in [3.05, 3.63) is 12.7 Å². The quantitative estimate of drug-likeness (QED) is 0.397. The SMILES string of the molecule is C=CCNCC(=O)NC(C)C(=O)NCCC. The molecule has 0 heterocycles. The molecule has 0 aromatic heterocycles. The summed E-state index contributed by atoms with van der Waals surface area (Å²) in [6.45, 7) is 8.56. The van der Waals surface area contributed by atoms with Crippen LogP contribution in [-0.4, -0.2) is 37.5 Å². The number of hydrogen-bond donors (Lipinski definition) is 3. The predicted octanol–water partition coefficient (Wildman–Crippen LogP) is -0.207. The molecular formula is C11H21N3O2. The fourth-order valence-electron chi connectivity index (χ4n) is 1.05. The maximum Gasteiger partial charge on any atom is 0.242 e. The molecule has 0 aromatic rings. The minimum Gasteiger partial charge on any atom is -0.354 e. The molecular weight excluding hydrogens is 206 g/mol. The Bertz CT molecular complexity index is 241. The van der Waals surface area contributed by atoms with Gasteiger partial charge in [-0.3, -0.25) is 9.59 Å². The van der Waals surface area contributed by atoms with Gasteiger partial charge in [-0.15, -0.1) is 6.58 Å². The molecule has 0 aromatic carbocycles. The molecule has 0 aliphatic carbocycles. The molecule has 5 heteroatoms. The number of hydrogen-bond acceptors (Lipinski definition) is 3. The van der Waals surface area contributed by atoms with Crippen LogP contribution in [0, 0.1) is 0 Å². The van der Waals surface area contributed by atoms with Crippen molar-refractivity contribution >= 4 is 11.8 Å². The zero-order chi connectivity index (χ0) is 12.4. The molecule has 0 radical (unpaired) electrons. The Kier molecular flexibility index (Phi) is 8.15. The van der Waals surface area contributed by atoms with Crippen LogP contribution in [0.4, 0.5) is 0 Å². The van der Waals surface area contributed by atoms with Gasteiger partial charge >= 0.3 is 0 Å². The number of carbonyl (C=O) groups is 2. The van der Waals surface area contributed by atoms with E-state index in [1.807, 2.05) is 6.92 Å². The molecule has 0 bridgehead atoms. The molecule has 16 heavy (non-hydrogen) atoms. The molecule has 1 unspecified atom stereocenters. The fraction of sp³-hybridized carbons (Fsp3) is 0.636. The lowest BCUT2D eigenvalue weighted by Crippen LogP contribution is -2.47. The lowest BCUT2D eigenvalue weighted by Gasteiger charge is -2.13. The predicted molar refractivity (Wildman–Crippen MR) is 64.0 cm³/mol. The normalized spacial score (nSPS) is 11.6. The Morgan fingerprint density at radius 3 is 2.69 bits per heavy atom. The Balaban J connectivity index is 3.75. The minimum absolute atomic E-state index is 0.154. The summed E-state index contributed by atoms with van der Waals surface area (Å²) in [7, 11) is 0. The molecule has 0 saturated heterocycles. The molecule has 92 valence electrons. The molecule has 0 fully saturated rings. The first kappa shape index (κ1) is 14.6. The molecule has 3 N–H and O–H groups in total. The Hall–Kier alpha value is -1.36. The van der Waals surface area contributed by atoms with Crippen LogP contribution in [0.25, 0.3) is 0 Å². The highest BCUT2D eigenvalue weighted by atomic mass is 16.2. The van der Waals surface area contributed by atoms with E-state index in [4.69, 9.17) is 0 Å². The van der Waals surface area contributed by atoms with Gasteiger partial charge in [0.15, 0.2) is 0 Å². The second-order valence-electron chi connectivity index (χ2n) is 3.50. The topological polar surface area (TPSA) is 70.2 Å². The van der Waals surface area contributed by atoms with Crippen LogP contribution < -0.4 is 16.0 Å². The largest absolute Gasteiger partial charge is 0.354 e. The summed E-state index contributed by atoms with van der Waals surface area (Å²) >= 11 is 0. The Labute approximate surface area is 96.7 Å². The molecule has 0 aliphatic rings. The highest BCUT2D eigenvalue weighted by Gasteiger charge is 2.13. The first-order chi connectivity index (χ1) is 7.61. The zero-order valence-corrected chi connectivity index (χ0v) is 10.0. The summed E-state index contributed by atoms with van der Waals surface area (Å²) in [5.41, 5.74) is 0. The molecule has 0 aliphatic heterocycles. The molecule has 5 nitrogen and oxygen atoms in total. The van der Waals surface area contributed by atoms with Crippen LogP contribution in [0.5, 0.6) is 0 Å². The zero-order valence-electron chi connectivity index (χ0n) is 10.0. The van der Waals surface area contributed by atoms with Crippen molar-refractivity contribution in [2.45, 2.75) is 26.3 Å². The molecule has 1 atom stereocenters. The van der Waals surface area contributed by atoms with Crippen molar-refractivity contribution in [3.63, 3.8) is 0 Å². The number of nitrogens with one attached hydrogen (secondary N) is 3. The highest BCUT2D eigenvalue weighted by Crippen LogP contribution is 1.83. The molecule has 2 amide bonds. The number of rotatable bonds is 8. The lowest BCUT2D eigenvalue weighted by atomic mass is 10.3. The Morgan fingerprint density at radius 1 is 1.44 bits per heavy atom. The number of amides is 2. The monoisotopic (exact) mass is 227 g/mol. The van der Waals surface area contributed by atoms with Crippen molar-refractivity contribution < 1.29 is 9.59 Å². The smallest absolute Gasteiger partial charge is 0.242 e. The third-order valence-corrected chi connectivity index (χ3v) is 1.89. The third kappa shape index (κ3) is 7.00. The van der Waals surface area contributed by atoms with Gasteiger partial charge in [-0.1, -0.05) is 13.0 Å². The van der Waals surface area contributed by atoms with Gasteiger partial charge in [0.2, 0.25) is 11.8 Å². The second-order valence-corrected chi connectivity index (χ2v) is 3.50. The van der Waals surface area contributed by atoms with E-state index in [0.717, 1.165) is 6.42 Å². The van der Waals surface area contributed by atoms with E-state index in [-0.39, 0.29) is 18.4 Å². The second kappa shape index (κ2) is 8.91. The third-order valence-electron chi connectivity index (χ3n) is 1.89. The maximum absolute atomic E-state index is 11.4. The standard InChI is InChI=1S/C11H21N3O2/c1-4-6-12-8-10(15)14-9(3)11(16)13-7-5-2/h4,9,12H,1,5-8H2,2-3H3,(H,13,16)(H,14,15). The van der Waals surface area contributed by atoms with Gasteiger partial charge in [0, 0.05) is 13.1 Å².